The van der Waals surface area contributed by atoms with Crippen LogP contribution in [0.3, 0.4) is 0 Å². The second kappa shape index (κ2) is 15.1. The largest absolute Gasteiger partial charge is 0.480 e. The number of carbonyl (C=O) groups is 5. The van der Waals surface area contributed by atoms with Crippen molar-refractivity contribution in [1.29, 1.82) is 0 Å². The molecule has 0 saturated heterocycles. The van der Waals surface area contributed by atoms with Gasteiger partial charge in [0.05, 0.1) is 6.04 Å². The molecule has 0 saturated carbocycles. The van der Waals surface area contributed by atoms with Crippen LogP contribution in [0.4, 0.5) is 0 Å². The topological polar surface area (TPSA) is 220 Å². The van der Waals surface area contributed by atoms with Gasteiger partial charge in [0.15, 0.2) is 0 Å². The van der Waals surface area contributed by atoms with E-state index in [2.05, 4.69) is 16.0 Å². The molecule has 0 aliphatic carbocycles. The van der Waals surface area contributed by atoms with Gasteiger partial charge in [-0.15, -0.1) is 0 Å². The third-order valence-electron chi connectivity index (χ3n) is 4.63. The van der Waals surface area contributed by atoms with Gasteiger partial charge in [-0.05, 0) is 51.5 Å². The summed E-state index contributed by atoms with van der Waals surface area (Å²) in [4.78, 5) is 60.2. The Kier molecular flexibility index (Phi) is 13.8. The number of carboxylic acid groups (broad SMARTS) is 1. The highest BCUT2D eigenvalue weighted by atomic mass is 16.4. The number of unbranched alkanes of at least 4 members (excludes halogenated alkanes) is 1. The minimum Gasteiger partial charge on any atom is -0.480 e. The van der Waals surface area contributed by atoms with Crippen molar-refractivity contribution in [1.82, 2.24) is 16.0 Å². The van der Waals surface area contributed by atoms with E-state index in [9.17, 15) is 29.1 Å². The van der Waals surface area contributed by atoms with E-state index < -0.39 is 53.8 Å². The van der Waals surface area contributed by atoms with Crippen molar-refractivity contribution in [3.05, 3.63) is 0 Å². The van der Waals surface area contributed by atoms with Crippen molar-refractivity contribution in [2.24, 2.45) is 23.1 Å². The Morgan fingerprint density at radius 3 is 1.81 bits per heavy atom. The predicted octanol–water partition coefficient (Wildman–Crippen LogP) is -1.69. The molecule has 0 radical (unpaired) electrons. The summed E-state index contributed by atoms with van der Waals surface area (Å²) in [5.74, 6) is -3.81. The third kappa shape index (κ3) is 12.2. The van der Waals surface area contributed by atoms with E-state index in [1.54, 1.807) is 0 Å². The monoisotopic (exact) mass is 458 g/mol. The van der Waals surface area contributed by atoms with E-state index in [0.717, 1.165) is 0 Å². The van der Waals surface area contributed by atoms with Crippen LogP contribution in [0.5, 0.6) is 0 Å². The van der Waals surface area contributed by atoms with Crippen molar-refractivity contribution >= 4 is 29.6 Å². The summed E-state index contributed by atoms with van der Waals surface area (Å²) >= 11 is 0. The van der Waals surface area contributed by atoms with Gasteiger partial charge in [0.1, 0.15) is 18.1 Å². The first-order chi connectivity index (χ1) is 14.9. The highest BCUT2D eigenvalue weighted by molar-refractivity contribution is 5.94. The predicted molar refractivity (Wildman–Crippen MR) is 118 cm³/mol. The SMILES string of the molecule is CC(C)CC(NC(=O)C(CCC(N)=O)NC(=O)C(C)N)C(=O)NC(CCCCN)C(=O)O. The molecular weight excluding hydrogens is 420 g/mol. The minimum absolute atomic E-state index is 0.00528. The molecule has 0 aliphatic heterocycles. The minimum atomic E-state index is -1.19. The van der Waals surface area contributed by atoms with Gasteiger partial charge >= 0.3 is 5.97 Å². The van der Waals surface area contributed by atoms with Gasteiger partial charge in [0.2, 0.25) is 23.6 Å². The average molecular weight is 459 g/mol. The molecule has 32 heavy (non-hydrogen) atoms. The molecule has 184 valence electrons. The fourth-order valence-corrected chi connectivity index (χ4v) is 2.86. The van der Waals surface area contributed by atoms with Crippen molar-refractivity contribution in [3.8, 4) is 0 Å². The fraction of sp³-hybridized carbons (Fsp3) is 0.750. The van der Waals surface area contributed by atoms with Crippen LogP contribution in [0.15, 0.2) is 0 Å². The lowest BCUT2D eigenvalue weighted by Gasteiger charge is -2.25. The Balaban J connectivity index is 5.40. The summed E-state index contributed by atoms with van der Waals surface area (Å²) in [5, 5.41) is 16.8. The molecule has 0 bridgehead atoms. The molecule has 0 spiro atoms. The average Bonchev–Trinajstić information content (AvgIpc) is 2.68. The van der Waals surface area contributed by atoms with Crippen LogP contribution in [0, 0.1) is 5.92 Å². The Labute approximate surface area is 188 Å². The van der Waals surface area contributed by atoms with Crippen LogP contribution >= 0.6 is 0 Å². The summed E-state index contributed by atoms with van der Waals surface area (Å²) in [7, 11) is 0. The molecule has 0 fully saturated rings. The summed E-state index contributed by atoms with van der Waals surface area (Å²) in [6.45, 7) is 5.52. The first-order valence-electron chi connectivity index (χ1n) is 10.8. The zero-order chi connectivity index (χ0) is 24.8. The van der Waals surface area contributed by atoms with Gasteiger partial charge < -0.3 is 38.3 Å². The maximum absolute atomic E-state index is 12.8. The fourth-order valence-electron chi connectivity index (χ4n) is 2.86. The zero-order valence-electron chi connectivity index (χ0n) is 19.1. The lowest BCUT2D eigenvalue weighted by atomic mass is 10.0. The Morgan fingerprint density at radius 2 is 1.34 bits per heavy atom. The maximum Gasteiger partial charge on any atom is 0.326 e. The number of carbonyl (C=O) groups excluding carboxylic acids is 4. The number of aliphatic carboxylic acids is 1. The summed E-state index contributed by atoms with van der Waals surface area (Å²) in [6, 6.07) is -4.19. The van der Waals surface area contributed by atoms with Gasteiger partial charge in [0.25, 0.3) is 0 Å². The first-order valence-corrected chi connectivity index (χ1v) is 10.8. The number of primary amides is 1. The highest BCUT2D eigenvalue weighted by Gasteiger charge is 2.30. The molecule has 0 aromatic heterocycles. The van der Waals surface area contributed by atoms with Gasteiger partial charge in [0, 0.05) is 6.42 Å². The summed E-state index contributed by atoms with van der Waals surface area (Å²) in [6.07, 6.45) is 1.33. The smallest absolute Gasteiger partial charge is 0.326 e. The molecule has 0 aromatic rings. The molecule has 4 unspecified atom stereocenters. The second-order valence-electron chi connectivity index (χ2n) is 8.23. The molecule has 0 rings (SSSR count). The van der Waals surface area contributed by atoms with Crippen LogP contribution in [-0.4, -0.2) is 65.4 Å². The molecular formula is C20H38N6O6. The van der Waals surface area contributed by atoms with Crippen LogP contribution in [0.1, 0.15) is 59.3 Å². The number of carboxylic acids is 1. The summed E-state index contributed by atoms with van der Waals surface area (Å²) in [5.41, 5.74) is 16.1. The Bertz CT molecular complexity index is 654. The second-order valence-corrected chi connectivity index (χ2v) is 8.23. The van der Waals surface area contributed by atoms with Gasteiger partial charge in [-0.2, -0.15) is 0 Å². The quantitative estimate of drug-likeness (QED) is 0.132. The van der Waals surface area contributed by atoms with Crippen molar-refractivity contribution in [2.45, 2.75) is 83.5 Å². The van der Waals surface area contributed by atoms with Crippen LogP contribution in [-0.2, 0) is 24.0 Å². The van der Waals surface area contributed by atoms with Gasteiger partial charge in [-0.3, -0.25) is 19.2 Å². The van der Waals surface area contributed by atoms with E-state index in [4.69, 9.17) is 17.2 Å². The standard InChI is InChI=1S/C20H38N6O6/c1-11(2)10-15(19(30)25-14(20(31)32)6-4-5-9-21)26-18(29)13(7-8-16(23)27)24-17(28)12(3)22/h11-15H,4-10,21-22H2,1-3H3,(H2,23,27)(H,24,28)(H,25,30)(H,26,29)(H,31,32). The maximum atomic E-state index is 12.8. The van der Waals surface area contributed by atoms with Crippen LogP contribution < -0.4 is 33.2 Å². The molecule has 10 N–H and O–H groups in total. The number of hydrogen-bond acceptors (Lipinski definition) is 7. The van der Waals surface area contributed by atoms with Crippen molar-refractivity contribution in [2.75, 3.05) is 6.54 Å². The molecule has 4 amide bonds. The third-order valence-corrected chi connectivity index (χ3v) is 4.63. The Hall–Kier alpha value is -2.73. The number of hydrogen-bond donors (Lipinski definition) is 7. The molecule has 4 atom stereocenters. The normalized spacial score (nSPS) is 14.7. The number of rotatable bonds is 16. The van der Waals surface area contributed by atoms with E-state index in [1.807, 2.05) is 13.8 Å². The summed E-state index contributed by atoms with van der Waals surface area (Å²) < 4.78 is 0. The molecule has 0 aromatic carbocycles. The Morgan fingerprint density at radius 1 is 0.812 bits per heavy atom. The lowest BCUT2D eigenvalue weighted by Crippen LogP contribution is -2.57. The number of nitrogens with two attached hydrogens (primary N) is 3. The number of nitrogens with one attached hydrogen (secondary N) is 3. The highest BCUT2D eigenvalue weighted by Crippen LogP contribution is 2.09. The van der Waals surface area contributed by atoms with Gasteiger partial charge in [-0.25, -0.2) is 4.79 Å². The molecule has 12 heteroatoms. The number of amides is 4. The first kappa shape index (κ1) is 29.3. The van der Waals surface area contributed by atoms with Crippen LogP contribution in [0.25, 0.3) is 0 Å². The van der Waals surface area contributed by atoms with Gasteiger partial charge in [-0.1, -0.05) is 13.8 Å². The van der Waals surface area contributed by atoms with E-state index in [-0.39, 0.29) is 31.6 Å². The molecule has 0 aliphatic rings. The van der Waals surface area contributed by atoms with E-state index in [1.165, 1.54) is 6.92 Å². The van der Waals surface area contributed by atoms with E-state index >= 15 is 0 Å². The zero-order valence-corrected chi connectivity index (χ0v) is 19.1. The van der Waals surface area contributed by atoms with Crippen molar-refractivity contribution in [3.63, 3.8) is 0 Å². The van der Waals surface area contributed by atoms with Crippen molar-refractivity contribution < 1.29 is 29.1 Å². The van der Waals surface area contributed by atoms with Crippen LogP contribution in [0.2, 0.25) is 0 Å². The van der Waals surface area contributed by atoms with E-state index in [0.29, 0.717) is 19.4 Å². The molecule has 12 nitrogen and oxygen atoms in total. The molecule has 0 heterocycles. The lowest BCUT2D eigenvalue weighted by molar-refractivity contribution is -0.142.